The minimum Gasteiger partial charge on any atom is -0.378 e. The van der Waals surface area contributed by atoms with Crippen molar-refractivity contribution in [2.24, 2.45) is 4.99 Å². The van der Waals surface area contributed by atoms with Gasteiger partial charge in [0, 0.05) is 54.6 Å². The monoisotopic (exact) mass is 546 g/mol. The van der Waals surface area contributed by atoms with E-state index in [0.29, 0.717) is 0 Å². The first-order valence-corrected chi connectivity index (χ1v) is 10.9. The Bertz CT molecular complexity index is 770. The molecule has 5 nitrogen and oxygen atoms in total. The van der Waals surface area contributed by atoms with Crippen molar-refractivity contribution in [3.63, 3.8) is 0 Å². The third-order valence-corrected chi connectivity index (χ3v) is 5.76. The van der Waals surface area contributed by atoms with E-state index in [2.05, 4.69) is 44.8 Å². The lowest BCUT2D eigenvalue weighted by Gasteiger charge is -2.30. The van der Waals surface area contributed by atoms with Crippen molar-refractivity contribution in [3.05, 3.63) is 59.1 Å². The molecule has 158 valence electrons. The number of rotatable bonds is 7. The van der Waals surface area contributed by atoms with Crippen LogP contribution in [0, 0.1) is 0 Å². The maximum atomic E-state index is 5.92. The van der Waals surface area contributed by atoms with E-state index in [9.17, 15) is 0 Å². The van der Waals surface area contributed by atoms with Gasteiger partial charge in [-0.1, -0.05) is 29.8 Å². The van der Waals surface area contributed by atoms with Crippen LogP contribution in [0.3, 0.4) is 0 Å². The Kier molecular flexibility index (Phi) is 11.0. The summed E-state index contributed by atoms with van der Waals surface area (Å²) in [5.74, 6) is 1.76. The number of hydrogen-bond donors (Lipinski definition) is 2. The molecule has 29 heavy (non-hydrogen) atoms. The van der Waals surface area contributed by atoms with Gasteiger partial charge in [-0.3, -0.25) is 4.99 Å². The van der Waals surface area contributed by atoms with Gasteiger partial charge in [-0.15, -0.1) is 35.7 Å². The van der Waals surface area contributed by atoms with Gasteiger partial charge in [0.25, 0.3) is 0 Å². The summed E-state index contributed by atoms with van der Waals surface area (Å²) in [4.78, 5) is 7.94. The van der Waals surface area contributed by atoms with Crippen LogP contribution in [0.2, 0.25) is 5.02 Å². The van der Waals surface area contributed by atoms with Crippen molar-refractivity contribution >= 4 is 59.0 Å². The second kappa shape index (κ2) is 13.2. The Hall–Kier alpha value is -1.16. The van der Waals surface area contributed by atoms with Crippen molar-refractivity contribution in [2.75, 3.05) is 50.5 Å². The first-order valence-electron chi connectivity index (χ1n) is 9.50. The quantitative estimate of drug-likeness (QED) is 0.179. The van der Waals surface area contributed by atoms with E-state index in [1.807, 2.05) is 24.3 Å². The van der Waals surface area contributed by atoms with E-state index in [-0.39, 0.29) is 24.0 Å². The molecule has 2 N–H and O–H groups in total. The fourth-order valence-corrected chi connectivity index (χ4v) is 3.94. The molecule has 8 heteroatoms. The second-order valence-corrected chi connectivity index (χ2v) is 7.99. The van der Waals surface area contributed by atoms with E-state index in [1.165, 1.54) is 16.1 Å². The highest BCUT2D eigenvalue weighted by molar-refractivity contribution is 14.0. The topological polar surface area (TPSA) is 48.9 Å². The van der Waals surface area contributed by atoms with Crippen LogP contribution in [0.15, 0.2) is 58.4 Å². The minimum atomic E-state index is 0. The number of anilines is 1. The molecule has 0 saturated carbocycles. The molecule has 0 atom stereocenters. The predicted octanol–water partition coefficient (Wildman–Crippen LogP) is 4.25. The number of nitrogens with one attached hydrogen (secondary N) is 2. The lowest BCUT2D eigenvalue weighted by molar-refractivity contribution is 0.122. The maximum absolute atomic E-state index is 5.92. The largest absolute Gasteiger partial charge is 0.378 e. The number of guanidine groups is 1. The fourth-order valence-electron chi connectivity index (χ4n) is 3.04. The van der Waals surface area contributed by atoms with Gasteiger partial charge >= 0.3 is 0 Å². The van der Waals surface area contributed by atoms with Crippen molar-refractivity contribution < 1.29 is 4.74 Å². The molecule has 0 aliphatic carbocycles. The Labute approximate surface area is 199 Å². The zero-order chi connectivity index (χ0) is 19.6. The fraction of sp³-hybridized carbons (Fsp3) is 0.381. The first-order chi connectivity index (χ1) is 13.8. The SMILES string of the molecule is CN=C(NCCSc1ccc(Cl)cc1)NCc1ccccc1N1CCOCC1.I. The number of hydrogen-bond acceptors (Lipinski definition) is 4. The molecule has 0 unspecified atom stereocenters. The van der Waals surface area contributed by atoms with E-state index >= 15 is 0 Å². The summed E-state index contributed by atoms with van der Waals surface area (Å²) in [7, 11) is 1.80. The van der Waals surface area contributed by atoms with Crippen LogP contribution in [0.4, 0.5) is 5.69 Å². The highest BCUT2D eigenvalue weighted by atomic mass is 127. The van der Waals surface area contributed by atoms with Crippen LogP contribution in [0.25, 0.3) is 0 Å². The molecule has 0 radical (unpaired) electrons. The van der Waals surface area contributed by atoms with E-state index in [1.54, 1.807) is 18.8 Å². The molecule has 1 heterocycles. The number of aliphatic imine (C=N–C) groups is 1. The van der Waals surface area contributed by atoms with Crippen LogP contribution in [0.1, 0.15) is 5.56 Å². The second-order valence-electron chi connectivity index (χ2n) is 6.38. The average Bonchev–Trinajstić information content (AvgIpc) is 2.75. The smallest absolute Gasteiger partial charge is 0.191 e. The van der Waals surface area contributed by atoms with Crippen LogP contribution < -0.4 is 15.5 Å². The first kappa shape index (κ1) is 24.1. The number of para-hydroxylation sites is 1. The molecule has 1 fully saturated rings. The van der Waals surface area contributed by atoms with Gasteiger partial charge in [0.15, 0.2) is 5.96 Å². The van der Waals surface area contributed by atoms with Gasteiger partial charge in [0.1, 0.15) is 0 Å². The summed E-state index contributed by atoms with van der Waals surface area (Å²) in [6, 6.07) is 16.5. The molecule has 1 saturated heterocycles. The normalized spacial score (nSPS) is 14.3. The summed E-state index contributed by atoms with van der Waals surface area (Å²) < 4.78 is 5.47. The predicted molar refractivity (Wildman–Crippen MR) is 135 cm³/mol. The molecule has 0 spiro atoms. The molecular formula is C21H28ClIN4OS. The highest BCUT2D eigenvalue weighted by Crippen LogP contribution is 2.21. The lowest BCUT2D eigenvalue weighted by Crippen LogP contribution is -2.39. The lowest BCUT2D eigenvalue weighted by atomic mass is 10.1. The summed E-state index contributed by atoms with van der Waals surface area (Å²) in [6.07, 6.45) is 0. The van der Waals surface area contributed by atoms with Crippen molar-refractivity contribution in [1.82, 2.24) is 10.6 Å². The average molecular weight is 547 g/mol. The van der Waals surface area contributed by atoms with Crippen LogP contribution >= 0.6 is 47.3 Å². The highest BCUT2D eigenvalue weighted by Gasteiger charge is 2.14. The zero-order valence-corrected chi connectivity index (χ0v) is 20.5. The van der Waals surface area contributed by atoms with Crippen LogP contribution in [0.5, 0.6) is 0 Å². The van der Waals surface area contributed by atoms with Crippen molar-refractivity contribution in [2.45, 2.75) is 11.4 Å². The summed E-state index contributed by atoms with van der Waals surface area (Å²) in [5, 5.41) is 7.57. The van der Waals surface area contributed by atoms with Crippen LogP contribution in [-0.4, -0.2) is 51.6 Å². The molecule has 0 amide bonds. The Morgan fingerprint density at radius 2 is 1.83 bits per heavy atom. The molecule has 0 aromatic heterocycles. The van der Waals surface area contributed by atoms with E-state index < -0.39 is 0 Å². The molecule has 0 bridgehead atoms. The number of nitrogens with zero attached hydrogens (tertiary/aromatic N) is 2. The number of ether oxygens (including phenoxy) is 1. The van der Waals surface area contributed by atoms with Crippen LogP contribution in [-0.2, 0) is 11.3 Å². The number of halogens is 2. The number of morpholine rings is 1. The van der Waals surface area contributed by atoms with Crippen molar-refractivity contribution in [1.29, 1.82) is 0 Å². The Morgan fingerprint density at radius 1 is 1.10 bits per heavy atom. The van der Waals surface area contributed by atoms with Gasteiger partial charge < -0.3 is 20.3 Å². The molecule has 3 rings (SSSR count). The standard InChI is InChI=1S/C21H27ClN4OS.HI/c1-23-21(24-10-15-28-19-8-6-18(22)7-9-19)25-16-17-4-2-3-5-20(17)26-11-13-27-14-12-26;/h2-9H,10-16H2,1H3,(H2,23,24,25);1H. The van der Waals surface area contributed by atoms with Gasteiger partial charge in [-0.2, -0.15) is 0 Å². The molecule has 2 aromatic rings. The molecular weight excluding hydrogens is 519 g/mol. The van der Waals surface area contributed by atoms with E-state index in [4.69, 9.17) is 16.3 Å². The number of benzene rings is 2. The van der Waals surface area contributed by atoms with Gasteiger partial charge in [0.2, 0.25) is 0 Å². The summed E-state index contributed by atoms with van der Waals surface area (Å²) in [6.45, 7) is 5.01. The third-order valence-electron chi connectivity index (χ3n) is 4.49. The number of thioether (sulfide) groups is 1. The van der Waals surface area contributed by atoms with E-state index in [0.717, 1.165) is 56.1 Å². The van der Waals surface area contributed by atoms with Gasteiger partial charge in [0.05, 0.1) is 13.2 Å². The zero-order valence-electron chi connectivity index (χ0n) is 16.6. The minimum absolute atomic E-state index is 0. The molecule has 2 aromatic carbocycles. The van der Waals surface area contributed by atoms with Gasteiger partial charge in [-0.25, -0.2) is 0 Å². The Morgan fingerprint density at radius 3 is 2.55 bits per heavy atom. The summed E-state index contributed by atoms with van der Waals surface area (Å²) >= 11 is 7.72. The molecule has 1 aliphatic heterocycles. The Balaban J connectivity index is 0.00000300. The maximum Gasteiger partial charge on any atom is 0.191 e. The summed E-state index contributed by atoms with van der Waals surface area (Å²) in [5.41, 5.74) is 2.54. The van der Waals surface area contributed by atoms with Gasteiger partial charge in [-0.05, 0) is 35.9 Å². The van der Waals surface area contributed by atoms with Crippen molar-refractivity contribution in [3.8, 4) is 0 Å². The third kappa shape index (κ3) is 7.88. The molecule has 1 aliphatic rings.